The van der Waals surface area contributed by atoms with Gasteiger partial charge in [-0.15, -0.1) is 0 Å². The van der Waals surface area contributed by atoms with E-state index in [1.807, 2.05) is 0 Å². The lowest BCUT2D eigenvalue weighted by atomic mass is 10.0. The Morgan fingerprint density at radius 3 is 2.70 bits per heavy atom. The monoisotopic (exact) mass is 315 g/mol. The molecule has 1 fully saturated rings. The quantitative estimate of drug-likeness (QED) is 0.817. The van der Waals surface area contributed by atoms with Gasteiger partial charge in [0, 0.05) is 17.7 Å². The van der Waals surface area contributed by atoms with Crippen LogP contribution >= 0.6 is 0 Å². The summed E-state index contributed by atoms with van der Waals surface area (Å²) in [4.78, 5) is 25.4. The van der Waals surface area contributed by atoms with Crippen molar-refractivity contribution in [2.24, 2.45) is 0 Å². The molecule has 0 spiro atoms. The zero-order valence-corrected chi connectivity index (χ0v) is 13.4. The van der Waals surface area contributed by atoms with Gasteiger partial charge in [0.2, 0.25) is 0 Å². The number of aliphatic carboxylic acids is 1. The van der Waals surface area contributed by atoms with E-state index < -0.39 is 17.6 Å². The zero-order valence-electron chi connectivity index (χ0n) is 13.4. The fourth-order valence-corrected chi connectivity index (χ4v) is 2.55. The lowest BCUT2D eigenvalue weighted by molar-refractivity contribution is -0.143. The summed E-state index contributed by atoms with van der Waals surface area (Å²) < 4.78 is 0. The number of carboxylic acid groups (broad SMARTS) is 1. The summed E-state index contributed by atoms with van der Waals surface area (Å²) in [5.41, 5.74) is -0.0797. The molecule has 0 radical (unpaired) electrons. The van der Waals surface area contributed by atoms with Gasteiger partial charge in [-0.1, -0.05) is 17.9 Å². The summed E-state index contributed by atoms with van der Waals surface area (Å²) in [7, 11) is 0. The van der Waals surface area contributed by atoms with Gasteiger partial charge in [0.25, 0.3) is 5.91 Å². The van der Waals surface area contributed by atoms with Crippen LogP contribution in [0.2, 0.25) is 0 Å². The Morgan fingerprint density at radius 1 is 1.30 bits per heavy atom. The molecule has 0 aromatic heterocycles. The van der Waals surface area contributed by atoms with E-state index in [9.17, 15) is 19.8 Å². The summed E-state index contributed by atoms with van der Waals surface area (Å²) in [6.45, 7) is 3.62. The minimum atomic E-state index is -1.11. The fourth-order valence-electron chi connectivity index (χ4n) is 2.55. The number of carbonyl (C=O) groups is 2. The maximum Gasteiger partial charge on any atom is 0.326 e. The molecule has 5 nitrogen and oxygen atoms in total. The van der Waals surface area contributed by atoms with Gasteiger partial charge in [-0.2, -0.15) is 0 Å². The van der Waals surface area contributed by atoms with Crippen molar-refractivity contribution in [1.82, 2.24) is 4.90 Å². The van der Waals surface area contributed by atoms with Gasteiger partial charge in [-0.05, 0) is 51.3 Å². The molecule has 0 bridgehead atoms. The Morgan fingerprint density at radius 2 is 2.04 bits per heavy atom. The van der Waals surface area contributed by atoms with E-state index in [1.54, 1.807) is 38.1 Å². The number of hydrogen-bond donors (Lipinski definition) is 2. The van der Waals surface area contributed by atoms with Crippen molar-refractivity contribution in [3.05, 3.63) is 35.4 Å². The van der Waals surface area contributed by atoms with Crippen molar-refractivity contribution in [3.8, 4) is 11.8 Å². The molecule has 1 heterocycles. The highest BCUT2D eigenvalue weighted by Crippen LogP contribution is 2.20. The van der Waals surface area contributed by atoms with E-state index in [0.717, 1.165) is 12.8 Å². The van der Waals surface area contributed by atoms with E-state index in [2.05, 4.69) is 11.8 Å². The first-order chi connectivity index (χ1) is 10.8. The minimum Gasteiger partial charge on any atom is -0.480 e. The fraction of sp³-hybridized carbons (Fsp3) is 0.444. The van der Waals surface area contributed by atoms with Crippen LogP contribution in [0.25, 0.3) is 0 Å². The third-order valence-corrected chi connectivity index (χ3v) is 3.67. The molecule has 2 N–H and O–H groups in total. The third-order valence-electron chi connectivity index (χ3n) is 3.67. The third kappa shape index (κ3) is 4.57. The van der Waals surface area contributed by atoms with Gasteiger partial charge in [0.1, 0.15) is 11.6 Å². The molecule has 1 aliphatic rings. The Hall–Kier alpha value is -2.32. The molecule has 1 aromatic rings. The largest absolute Gasteiger partial charge is 0.480 e. The normalized spacial score (nSPS) is 18.0. The van der Waals surface area contributed by atoms with Crippen molar-refractivity contribution in [2.45, 2.75) is 44.8 Å². The molecular formula is C18H21NO4. The van der Waals surface area contributed by atoms with E-state index in [1.165, 1.54) is 4.90 Å². The van der Waals surface area contributed by atoms with Crippen molar-refractivity contribution in [1.29, 1.82) is 0 Å². The van der Waals surface area contributed by atoms with Crippen LogP contribution in [0.15, 0.2) is 24.3 Å². The zero-order chi connectivity index (χ0) is 17.0. The number of rotatable bonds is 2. The van der Waals surface area contributed by atoms with Gasteiger partial charge in [0.05, 0.1) is 0 Å². The first kappa shape index (κ1) is 17.0. The van der Waals surface area contributed by atoms with E-state index in [0.29, 0.717) is 24.1 Å². The maximum atomic E-state index is 12.6. The number of carbonyl (C=O) groups excluding carboxylic acids is 1. The van der Waals surface area contributed by atoms with Crippen LogP contribution in [0.3, 0.4) is 0 Å². The molecule has 0 aliphatic carbocycles. The molecule has 2 rings (SSSR count). The highest BCUT2D eigenvalue weighted by Gasteiger charge is 2.32. The number of hydrogen-bond acceptors (Lipinski definition) is 3. The molecule has 1 amide bonds. The lowest BCUT2D eigenvalue weighted by Gasteiger charge is -2.33. The molecule has 1 unspecified atom stereocenters. The van der Waals surface area contributed by atoms with E-state index in [4.69, 9.17) is 0 Å². The highest BCUT2D eigenvalue weighted by atomic mass is 16.4. The number of likely N-dealkylation sites (tertiary alicyclic amines) is 1. The number of aliphatic hydroxyl groups is 1. The van der Waals surface area contributed by atoms with Crippen LogP contribution in [0.4, 0.5) is 0 Å². The molecule has 23 heavy (non-hydrogen) atoms. The molecule has 122 valence electrons. The van der Waals surface area contributed by atoms with Crippen molar-refractivity contribution in [3.63, 3.8) is 0 Å². The van der Waals surface area contributed by atoms with Gasteiger partial charge in [-0.25, -0.2) is 4.79 Å². The molecule has 1 saturated heterocycles. The smallest absolute Gasteiger partial charge is 0.326 e. The average Bonchev–Trinajstić information content (AvgIpc) is 2.52. The van der Waals surface area contributed by atoms with Crippen LogP contribution in [0.1, 0.15) is 49.0 Å². The van der Waals surface area contributed by atoms with Gasteiger partial charge >= 0.3 is 5.97 Å². The minimum absolute atomic E-state index is 0.288. The Kier molecular flexibility index (Phi) is 5.07. The second kappa shape index (κ2) is 6.84. The summed E-state index contributed by atoms with van der Waals surface area (Å²) in [6, 6.07) is 5.99. The van der Waals surface area contributed by atoms with Crippen LogP contribution in [-0.4, -0.2) is 45.2 Å². The molecule has 1 aromatic carbocycles. The number of piperidine rings is 1. The SMILES string of the molecule is CC(C)(O)C#Cc1cccc(C(=O)N2CCCCC2C(=O)O)c1. The van der Waals surface area contributed by atoms with Crippen LogP contribution < -0.4 is 0 Å². The second-order valence-corrected chi connectivity index (χ2v) is 6.24. The van der Waals surface area contributed by atoms with E-state index in [-0.39, 0.29) is 5.91 Å². The summed E-state index contributed by atoms with van der Waals surface area (Å²) in [5.74, 6) is 4.28. The molecular weight excluding hydrogens is 294 g/mol. The topological polar surface area (TPSA) is 77.8 Å². The number of amides is 1. The Balaban J connectivity index is 2.25. The van der Waals surface area contributed by atoms with Gasteiger partial charge in [-0.3, -0.25) is 4.79 Å². The van der Waals surface area contributed by atoms with Crippen LogP contribution in [0, 0.1) is 11.8 Å². The first-order valence-electron chi connectivity index (χ1n) is 7.67. The van der Waals surface area contributed by atoms with Gasteiger partial charge in [0.15, 0.2) is 0 Å². The van der Waals surface area contributed by atoms with Crippen molar-refractivity contribution >= 4 is 11.9 Å². The predicted octanol–water partition coefficient (Wildman–Crippen LogP) is 1.89. The van der Waals surface area contributed by atoms with Gasteiger partial charge < -0.3 is 15.1 Å². The summed E-state index contributed by atoms with van der Waals surface area (Å²) in [6.07, 6.45) is 2.12. The van der Waals surface area contributed by atoms with Crippen LogP contribution in [-0.2, 0) is 4.79 Å². The molecule has 5 heteroatoms. The Labute approximate surface area is 135 Å². The molecule has 1 aliphatic heterocycles. The average molecular weight is 315 g/mol. The molecule has 1 atom stereocenters. The van der Waals surface area contributed by atoms with Crippen molar-refractivity contribution in [2.75, 3.05) is 6.54 Å². The molecule has 0 saturated carbocycles. The van der Waals surface area contributed by atoms with Crippen LogP contribution in [0.5, 0.6) is 0 Å². The standard InChI is InChI=1S/C18H21NO4/c1-18(2,23)10-9-13-6-5-7-14(12-13)16(20)19-11-4-3-8-15(19)17(21)22/h5-7,12,15,23H,3-4,8,11H2,1-2H3,(H,21,22). The van der Waals surface area contributed by atoms with E-state index >= 15 is 0 Å². The number of benzene rings is 1. The predicted molar refractivity (Wildman–Crippen MR) is 85.9 cm³/mol. The number of nitrogens with zero attached hydrogens (tertiary/aromatic N) is 1. The summed E-state index contributed by atoms with van der Waals surface area (Å²) in [5, 5.41) is 18.9. The second-order valence-electron chi connectivity index (χ2n) is 6.24. The first-order valence-corrected chi connectivity index (χ1v) is 7.67. The highest BCUT2D eigenvalue weighted by molar-refractivity contribution is 5.97. The Bertz CT molecular complexity index is 664. The number of carboxylic acids is 1. The van der Waals surface area contributed by atoms with Crippen molar-refractivity contribution < 1.29 is 19.8 Å². The summed E-state index contributed by atoms with van der Waals surface area (Å²) >= 11 is 0. The lowest BCUT2D eigenvalue weighted by Crippen LogP contribution is -2.48. The maximum absolute atomic E-state index is 12.6.